The third-order valence-corrected chi connectivity index (χ3v) is 4.24. The predicted molar refractivity (Wildman–Crippen MR) is 87.0 cm³/mol. The van der Waals surface area contributed by atoms with Crippen LogP contribution in [0.2, 0.25) is 5.02 Å². The van der Waals surface area contributed by atoms with Gasteiger partial charge in [-0.25, -0.2) is 4.99 Å². The first-order valence-electron chi connectivity index (χ1n) is 5.69. The fourth-order valence-corrected chi connectivity index (χ4v) is 3.25. The normalized spacial score (nSPS) is 13.2. The zero-order valence-electron chi connectivity index (χ0n) is 10.0. The fourth-order valence-electron chi connectivity index (χ4n) is 1.73. The number of guanidine groups is 1. The third kappa shape index (κ3) is 2.72. The molecular formula is C13H9BrClN3OS. The predicted octanol–water partition coefficient (Wildman–Crippen LogP) is 4.52. The lowest BCUT2D eigenvalue weighted by molar-refractivity contribution is 0.475. The molecule has 3 rings (SSSR count). The molecule has 0 bridgehead atoms. The summed E-state index contributed by atoms with van der Waals surface area (Å²) in [5, 5.41) is 13.6. The van der Waals surface area contributed by atoms with Crippen LogP contribution in [0, 0.1) is 0 Å². The number of rotatable bonds is 1. The molecule has 102 valence electrons. The van der Waals surface area contributed by atoms with Crippen LogP contribution in [0.15, 0.2) is 50.8 Å². The summed E-state index contributed by atoms with van der Waals surface area (Å²) in [6.45, 7) is 0. The first-order valence-corrected chi connectivity index (χ1v) is 7.68. The number of hydrogen-bond donors (Lipinski definition) is 3. The van der Waals surface area contributed by atoms with Crippen molar-refractivity contribution in [2.45, 2.75) is 4.90 Å². The van der Waals surface area contributed by atoms with Crippen LogP contribution in [-0.4, -0.2) is 11.1 Å². The number of phenolic OH excluding ortho intramolecular Hbond substituents is 1. The van der Waals surface area contributed by atoms with Crippen molar-refractivity contribution in [2.75, 3.05) is 5.32 Å². The van der Waals surface area contributed by atoms with Gasteiger partial charge in [-0.15, -0.1) is 0 Å². The van der Waals surface area contributed by atoms with E-state index >= 15 is 0 Å². The van der Waals surface area contributed by atoms with Gasteiger partial charge in [-0.1, -0.05) is 39.7 Å². The Kier molecular flexibility index (Phi) is 3.78. The van der Waals surface area contributed by atoms with E-state index in [0.717, 1.165) is 15.1 Å². The van der Waals surface area contributed by atoms with E-state index in [4.69, 9.17) is 11.6 Å². The number of para-hydroxylation sites is 1. The Morgan fingerprint density at radius 3 is 2.90 bits per heavy atom. The van der Waals surface area contributed by atoms with E-state index in [1.54, 1.807) is 12.1 Å². The summed E-state index contributed by atoms with van der Waals surface area (Å²) in [5.74, 6) is 0.648. The van der Waals surface area contributed by atoms with Gasteiger partial charge < -0.3 is 10.4 Å². The highest BCUT2D eigenvalue weighted by atomic mass is 79.9. The summed E-state index contributed by atoms with van der Waals surface area (Å²) in [5.41, 5.74) is 1.28. The molecule has 0 spiro atoms. The monoisotopic (exact) mass is 369 g/mol. The standard InChI is InChI=1S/C13H9BrClN3OS/c14-7-5-10(19)12-11(6-7)20-18-13(17-12)16-9-4-2-1-3-8(9)15/h1-6,19H,(H2,16,17,18). The number of benzene rings is 2. The van der Waals surface area contributed by atoms with Crippen LogP contribution in [0.25, 0.3) is 0 Å². The average molecular weight is 371 g/mol. The second-order valence-electron chi connectivity index (χ2n) is 4.04. The van der Waals surface area contributed by atoms with Crippen molar-refractivity contribution < 1.29 is 5.11 Å². The van der Waals surface area contributed by atoms with Crippen molar-refractivity contribution in [1.29, 1.82) is 0 Å². The Balaban J connectivity index is 1.93. The second kappa shape index (κ2) is 5.55. The molecule has 4 nitrogen and oxygen atoms in total. The van der Waals surface area contributed by atoms with Crippen molar-refractivity contribution >= 4 is 56.8 Å². The van der Waals surface area contributed by atoms with Gasteiger partial charge in [0.25, 0.3) is 0 Å². The molecule has 0 saturated carbocycles. The van der Waals surface area contributed by atoms with Crippen molar-refractivity contribution in [1.82, 2.24) is 4.72 Å². The van der Waals surface area contributed by atoms with Gasteiger partial charge in [-0.3, -0.25) is 4.72 Å². The van der Waals surface area contributed by atoms with Crippen molar-refractivity contribution in [3.63, 3.8) is 0 Å². The van der Waals surface area contributed by atoms with Crippen LogP contribution < -0.4 is 10.0 Å². The van der Waals surface area contributed by atoms with Gasteiger partial charge in [-0.05, 0) is 36.2 Å². The summed E-state index contributed by atoms with van der Waals surface area (Å²) < 4.78 is 3.88. The maximum Gasteiger partial charge on any atom is 0.211 e. The SMILES string of the molecule is Oc1cc(Br)cc2c1N=C(Nc1ccccc1Cl)NS2. The van der Waals surface area contributed by atoms with Gasteiger partial charge in [0.05, 0.1) is 15.6 Å². The van der Waals surface area contributed by atoms with Gasteiger partial charge in [0, 0.05) is 4.47 Å². The van der Waals surface area contributed by atoms with Crippen molar-refractivity contribution in [2.24, 2.45) is 4.99 Å². The first kappa shape index (κ1) is 13.6. The summed E-state index contributed by atoms with van der Waals surface area (Å²) in [6, 6.07) is 10.9. The Hall–Kier alpha value is -1.37. The molecule has 7 heteroatoms. The van der Waals surface area contributed by atoms with E-state index < -0.39 is 0 Å². The lowest BCUT2D eigenvalue weighted by Gasteiger charge is -2.19. The maximum atomic E-state index is 9.94. The molecule has 0 fully saturated rings. The number of fused-ring (bicyclic) bond motifs is 1. The van der Waals surface area contributed by atoms with Gasteiger partial charge in [0.15, 0.2) is 0 Å². The Morgan fingerprint density at radius 1 is 1.30 bits per heavy atom. The number of nitrogens with one attached hydrogen (secondary N) is 2. The zero-order chi connectivity index (χ0) is 14.1. The molecule has 0 atom stereocenters. The van der Waals surface area contributed by atoms with Crippen LogP contribution in [0.4, 0.5) is 11.4 Å². The molecule has 0 aliphatic carbocycles. The fraction of sp³-hybridized carbons (Fsp3) is 0. The van der Waals surface area contributed by atoms with Crippen LogP contribution in [-0.2, 0) is 0 Å². The highest BCUT2D eigenvalue weighted by Crippen LogP contribution is 2.41. The quantitative estimate of drug-likeness (QED) is 0.646. The number of nitrogens with zero attached hydrogens (tertiary/aromatic N) is 1. The molecule has 2 aromatic carbocycles. The molecule has 0 amide bonds. The second-order valence-corrected chi connectivity index (χ2v) is 6.21. The Morgan fingerprint density at radius 2 is 2.10 bits per heavy atom. The lowest BCUT2D eigenvalue weighted by atomic mass is 10.3. The first-order chi connectivity index (χ1) is 9.63. The molecule has 20 heavy (non-hydrogen) atoms. The molecule has 0 radical (unpaired) electrons. The van der Waals surface area contributed by atoms with E-state index in [0.29, 0.717) is 16.7 Å². The van der Waals surface area contributed by atoms with Gasteiger partial charge in [0.1, 0.15) is 11.4 Å². The Bertz CT molecular complexity index is 708. The summed E-state index contributed by atoms with van der Waals surface area (Å²) in [6.07, 6.45) is 0. The molecule has 0 saturated heterocycles. The van der Waals surface area contributed by atoms with E-state index in [1.807, 2.05) is 24.3 Å². The number of anilines is 1. The maximum absolute atomic E-state index is 9.94. The number of phenols is 1. The highest BCUT2D eigenvalue weighted by molar-refractivity contribution is 9.10. The van der Waals surface area contributed by atoms with Gasteiger partial charge in [-0.2, -0.15) is 0 Å². The lowest BCUT2D eigenvalue weighted by Crippen LogP contribution is -2.27. The highest BCUT2D eigenvalue weighted by Gasteiger charge is 2.17. The molecule has 1 heterocycles. The average Bonchev–Trinajstić information content (AvgIpc) is 2.42. The van der Waals surface area contributed by atoms with Gasteiger partial charge in [0.2, 0.25) is 5.96 Å². The van der Waals surface area contributed by atoms with Crippen molar-refractivity contribution in [3.8, 4) is 5.75 Å². The van der Waals surface area contributed by atoms with E-state index in [-0.39, 0.29) is 5.75 Å². The smallest absolute Gasteiger partial charge is 0.211 e. The topological polar surface area (TPSA) is 56.7 Å². The van der Waals surface area contributed by atoms with Crippen LogP contribution in [0.1, 0.15) is 0 Å². The largest absolute Gasteiger partial charge is 0.506 e. The number of aliphatic imine (C=N–C) groups is 1. The van der Waals surface area contributed by atoms with Crippen molar-refractivity contribution in [3.05, 3.63) is 45.9 Å². The molecule has 2 aromatic rings. The molecule has 0 unspecified atom stereocenters. The third-order valence-electron chi connectivity index (χ3n) is 2.63. The minimum atomic E-state index is 0.127. The minimum Gasteiger partial charge on any atom is -0.506 e. The minimum absolute atomic E-state index is 0.127. The number of hydrogen-bond acceptors (Lipinski definition) is 5. The molecule has 1 aliphatic rings. The van der Waals surface area contributed by atoms with E-state index in [1.165, 1.54) is 11.9 Å². The summed E-state index contributed by atoms with van der Waals surface area (Å²) >= 11 is 10.8. The van der Waals surface area contributed by atoms with E-state index in [9.17, 15) is 5.11 Å². The Labute approximate surface area is 133 Å². The molecule has 3 N–H and O–H groups in total. The van der Waals surface area contributed by atoms with Crippen LogP contribution in [0.5, 0.6) is 5.75 Å². The summed E-state index contributed by atoms with van der Waals surface area (Å²) in [7, 11) is 0. The van der Waals surface area contributed by atoms with E-state index in [2.05, 4.69) is 31.0 Å². The van der Waals surface area contributed by atoms with Crippen LogP contribution in [0.3, 0.4) is 0 Å². The molecular weight excluding hydrogens is 362 g/mol. The van der Waals surface area contributed by atoms with Gasteiger partial charge >= 0.3 is 0 Å². The number of aromatic hydroxyl groups is 1. The molecule has 0 aromatic heterocycles. The summed E-state index contributed by atoms with van der Waals surface area (Å²) in [4.78, 5) is 5.22. The molecule has 1 aliphatic heterocycles. The number of halogens is 2. The van der Waals surface area contributed by atoms with Crippen LogP contribution >= 0.6 is 39.5 Å². The zero-order valence-corrected chi connectivity index (χ0v) is 13.2.